The van der Waals surface area contributed by atoms with Gasteiger partial charge in [-0.05, 0) is 18.3 Å². The fraction of sp³-hybridized carbons (Fsp3) is 0.692. The standard InChI is InChI=1S/C13H20ClN3/c1-9(2)12-6-13(16-8-15-12)17-5-4-11(14)10(3)7-17/h6,8-11H,4-5,7H2,1-3H3. The lowest BCUT2D eigenvalue weighted by Gasteiger charge is -2.35. The van der Waals surface area contributed by atoms with Gasteiger partial charge in [-0.1, -0.05) is 20.8 Å². The smallest absolute Gasteiger partial charge is 0.132 e. The van der Waals surface area contributed by atoms with E-state index >= 15 is 0 Å². The summed E-state index contributed by atoms with van der Waals surface area (Å²) in [6, 6.07) is 2.10. The fourth-order valence-corrected chi connectivity index (χ4v) is 2.35. The molecule has 2 rings (SSSR count). The molecule has 0 aliphatic carbocycles. The third-order valence-corrected chi connectivity index (χ3v) is 4.04. The van der Waals surface area contributed by atoms with Gasteiger partial charge in [0.15, 0.2) is 0 Å². The van der Waals surface area contributed by atoms with Crippen LogP contribution in [0.15, 0.2) is 12.4 Å². The van der Waals surface area contributed by atoms with Crippen molar-refractivity contribution >= 4 is 17.4 Å². The molecule has 0 radical (unpaired) electrons. The Morgan fingerprint density at radius 3 is 2.82 bits per heavy atom. The van der Waals surface area contributed by atoms with Crippen LogP contribution in [-0.2, 0) is 0 Å². The molecule has 3 nitrogen and oxygen atoms in total. The molecule has 2 heterocycles. The lowest BCUT2D eigenvalue weighted by Crippen LogP contribution is -2.40. The number of alkyl halides is 1. The maximum atomic E-state index is 6.24. The van der Waals surface area contributed by atoms with E-state index in [0.717, 1.165) is 31.0 Å². The summed E-state index contributed by atoms with van der Waals surface area (Å²) in [7, 11) is 0. The Balaban J connectivity index is 2.14. The lowest BCUT2D eigenvalue weighted by molar-refractivity contribution is 0.452. The van der Waals surface area contributed by atoms with Crippen molar-refractivity contribution in [1.82, 2.24) is 9.97 Å². The molecule has 17 heavy (non-hydrogen) atoms. The highest BCUT2D eigenvalue weighted by atomic mass is 35.5. The van der Waals surface area contributed by atoms with Crippen LogP contribution in [0.5, 0.6) is 0 Å². The van der Waals surface area contributed by atoms with Gasteiger partial charge in [-0.3, -0.25) is 0 Å². The van der Waals surface area contributed by atoms with E-state index in [1.807, 2.05) is 0 Å². The maximum absolute atomic E-state index is 6.24. The van der Waals surface area contributed by atoms with Gasteiger partial charge in [0, 0.05) is 30.2 Å². The van der Waals surface area contributed by atoms with Crippen LogP contribution >= 0.6 is 11.6 Å². The second-order valence-electron chi connectivity index (χ2n) is 5.18. The highest BCUT2D eigenvalue weighted by Crippen LogP contribution is 2.26. The fourth-order valence-electron chi connectivity index (χ4n) is 2.18. The molecular formula is C13H20ClN3. The van der Waals surface area contributed by atoms with E-state index in [1.165, 1.54) is 0 Å². The Morgan fingerprint density at radius 1 is 1.41 bits per heavy atom. The Hall–Kier alpha value is -0.830. The van der Waals surface area contributed by atoms with Crippen molar-refractivity contribution in [2.24, 2.45) is 5.92 Å². The predicted molar refractivity (Wildman–Crippen MR) is 71.8 cm³/mol. The third-order valence-electron chi connectivity index (χ3n) is 3.39. The minimum atomic E-state index is 0.303. The molecule has 2 atom stereocenters. The molecule has 0 bridgehead atoms. The van der Waals surface area contributed by atoms with Crippen LogP contribution < -0.4 is 4.90 Å². The number of hydrogen-bond acceptors (Lipinski definition) is 3. The molecule has 1 aromatic heterocycles. The van der Waals surface area contributed by atoms with Gasteiger partial charge in [-0.15, -0.1) is 11.6 Å². The summed E-state index contributed by atoms with van der Waals surface area (Å²) < 4.78 is 0. The molecule has 1 fully saturated rings. The zero-order valence-corrected chi connectivity index (χ0v) is 11.5. The Morgan fingerprint density at radius 2 is 2.18 bits per heavy atom. The topological polar surface area (TPSA) is 29.0 Å². The number of anilines is 1. The highest BCUT2D eigenvalue weighted by molar-refractivity contribution is 6.20. The van der Waals surface area contributed by atoms with Gasteiger partial charge in [0.05, 0.1) is 0 Å². The zero-order valence-electron chi connectivity index (χ0n) is 10.7. The minimum absolute atomic E-state index is 0.303. The molecule has 94 valence electrons. The molecule has 1 aliphatic rings. The first kappa shape index (κ1) is 12.6. The van der Waals surface area contributed by atoms with Crippen molar-refractivity contribution in [3.05, 3.63) is 18.1 Å². The summed E-state index contributed by atoms with van der Waals surface area (Å²) in [6.07, 6.45) is 2.70. The Labute approximate surface area is 108 Å². The van der Waals surface area contributed by atoms with Crippen LogP contribution in [0.3, 0.4) is 0 Å². The second-order valence-corrected chi connectivity index (χ2v) is 5.74. The minimum Gasteiger partial charge on any atom is -0.356 e. The Kier molecular flexibility index (Phi) is 3.87. The molecule has 0 spiro atoms. The molecule has 0 N–H and O–H groups in total. The number of halogens is 1. The van der Waals surface area contributed by atoms with Crippen molar-refractivity contribution in [2.75, 3.05) is 18.0 Å². The average molecular weight is 254 g/mol. The SMILES string of the molecule is CC(C)c1cc(N2CCC(Cl)C(C)C2)ncn1. The van der Waals surface area contributed by atoms with Crippen LogP contribution in [0.25, 0.3) is 0 Å². The normalized spacial score (nSPS) is 25.4. The summed E-state index contributed by atoms with van der Waals surface area (Å²) in [4.78, 5) is 11.0. The van der Waals surface area contributed by atoms with Crippen LogP contribution in [-0.4, -0.2) is 28.4 Å². The Bertz CT molecular complexity index is 381. The van der Waals surface area contributed by atoms with Gasteiger partial charge < -0.3 is 4.90 Å². The molecule has 1 aromatic rings. The first-order valence-corrected chi connectivity index (χ1v) is 6.72. The summed E-state index contributed by atoms with van der Waals surface area (Å²) in [5.74, 6) is 2.00. The summed E-state index contributed by atoms with van der Waals surface area (Å²) >= 11 is 6.24. The first-order chi connectivity index (χ1) is 8.08. The van der Waals surface area contributed by atoms with E-state index in [4.69, 9.17) is 11.6 Å². The van der Waals surface area contributed by atoms with Gasteiger partial charge in [0.25, 0.3) is 0 Å². The predicted octanol–water partition coefficient (Wildman–Crippen LogP) is 3.05. The van der Waals surface area contributed by atoms with Crippen molar-refractivity contribution < 1.29 is 0 Å². The second kappa shape index (κ2) is 5.21. The largest absolute Gasteiger partial charge is 0.356 e. The van der Waals surface area contributed by atoms with Crippen LogP contribution in [0.1, 0.15) is 38.8 Å². The van der Waals surface area contributed by atoms with E-state index < -0.39 is 0 Å². The molecule has 2 unspecified atom stereocenters. The first-order valence-electron chi connectivity index (χ1n) is 6.29. The number of nitrogens with zero attached hydrogens (tertiary/aromatic N) is 3. The third kappa shape index (κ3) is 2.89. The van der Waals surface area contributed by atoms with Gasteiger partial charge in [0.1, 0.15) is 12.1 Å². The van der Waals surface area contributed by atoms with Gasteiger partial charge >= 0.3 is 0 Å². The van der Waals surface area contributed by atoms with Crippen molar-refractivity contribution in [3.63, 3.8) is 0 Å². The van der Waals surface area contributed by atoms with Crippen molar-refractivity contribution in [2.45, 2.75) is 38.5 Å². The molecule has 4 heteroatoms. The number of rotatable bonds is 2. The van der Waals surface area contributed by atoms with E-state index in [2.05, 4.69) is 41.7 Å². The lowest BCUT2D eigenvalue weighted by atomic mass is 9.99. The van der Waals surface area contributed by atoms with Crippen LogP contribution in [0.4, 0.5) is 5.82 Å². The average Bonchev–Trinajstić information content (AvgIpc) is 2.33. The molecule has 0 amide bonds. The summed E-state index contributed by atoms with van der Waals surface area (Å²) in [5, 5.41) is 0.303. The molecule has 1 saturated heterocycles. The van der Waals surface area contributed by atoms with E-state index in [9.17, 15) is 0 Å². The molecule has 0 aromatic carbocycles. The van der Waals surface area contributed by atoms with E-state index in [0.29, 0.717) is 17.2 Å². The van der Waals surface area contributed by atoms with E-state index in [1.54, 1.807) is 6.33 Å². The number of hydrogen-bond donors (Lipinski definition) is 0. The summed E-state index contributed by atoms with van der Waals surface area (Å²) in [6.45, 7) is 8.49. The van der Waals surface area contributed by atoms with Gasteiger partial charge in [-0.25, -0.2) is 9.97 Å². The highest BCUT2D eigenvalue weighted by Gasteiger charge is 2.25. The maximum Gasteiger partial charge on any atom is 0.132 e. The van der Waals surface area contributed by atoms with Gasteiger partial charge in [-0.2, -0.15) is 0 Å². The van der Waals surface area contributed by atoms with Crippen LogP contribution in [0, 0.1) is 5.92 Å². The van der Waals surface area contributed by atoms with E-state index in [-0.39, 0.29) is 0 Å². The molecule has 0 saturated carbocycles. The van der Waals surface area contributed by atoms with Crippen LogP contribution in [0.2, 0.25) is 0 Å². The molecule has 1 aliphatic heterocycles. The monoisotopic (exact) mass is 253 g/mol. The number of piperidine rings is 1. The molecular weight excluding hydrogens is 234 g/mol. The summed E-state index contributed by atoms with van der Waals surface area (Å²) in [5.41, 5.74) is 1.11. The van der Waals surface area contributed by atoms with Crippen molar-refractivity contribution in [3.8, 4) is 0 Å². The zero-order chi connectivity index (χ0) is 12.4. The van der Waals surface area contributed by atoms with Crippen molar-refractivity contribution in [1.29, 1.82) is 0 Å². The van der Waals surface area contributed by atoms with Gasteiger partial charge in [0.2, 0.25) is 0 Å². The number of aromatic nitrogens is 2. The quantitative estimate of drug-likeness (QED) is 0.759.